The summed E-state index contributed by atoms with van der Waals surface area (Å²) in [5, 5.41) is 0. The van der Waals surface area contributed by atoms with Gasteiger partial charge in [0.05, 0.1) is 0 Å². The molecule has 0 spiro atoms. The van der Waals surface area contributed by atoms with Crippen molar-refractivity contribution in [2.24, 2.45) is 0 Å². The van der Waals surface area contributed by atoms with Crippen LogP contribution in [0, 0.1) is 0 Å². The van der Waals surface area contributed by atoms with Crippen LogP contribution < -0.4 is 4.70 Å². The van der Waals surface area contributed by atoms with Gasteiger partial charge in [0.1, 0.15) is 0 Å². The van der Waals surface area contributed by atoms with E-state index in [0.717, 1.165) is 0 Å². The molecule has 0 aromatic heterocycles. The molecule has 0 saturated carbocycles. The maximum atomic E-state index is 2.15. The number of hydrogen-bond donors (Lipinski definition) is 0. The average molecular weight is 134 g/mol. The van der Waals surface area contributed by atoms with Crippen molar-refractivity contribution in [3.05, 3.63) is 35.9 Å². The molecule has 0 aliphatic heterocycles. The van der Waals surface area contributed by atoms with E-state index >= 15 is 0 Å². The SMILES string of the molecule is [F-].[Mg+][CH2]c1ccccc1. The molecule has 0 atom stereocenters. The number of rotatable bonds is 1. The van der Waals surface area contributed by atoms with E-state index in [0.29, 0.717) is 0 Å². The Labute approximate surface area is 67.1 Å². The Bertz CT molecular complexity index is 150. The summed E-state index contributed by atoms with van der Waals surface area (Å²) in [5.41, 5.74) is 1.42. The van der Waals surface area contributed by atoms with Crippen molar-refractivity contribution in [2.45, 2.75) is 4.55 Å². The Morgan fingerprint density at radius 3 is 2.00 bits per heavy atom. The van der Waals surface area contributed by atoms with Crippen LogP contribution in [-0.2, 0) is 4.55 Å². The second-order valence-electron chi connectivity index (χ2n) is 1.74. The van der Waals surface area contributed by atoms with E-state index in [1.807, 2.05) is 27.8 Å². The predicted octanol–water partition coefficient (Wildman–Crippen LogP) is -1.64. The van der Waals surface area contributed by atoms with Crippen molar-refractivity contribution in [1.82, 2.24) is 0 Å². The first kappa shape index (κ1) is 8.92. The van der Waals surface area contributed by atoms with Crippen LogP contribution in [0.4, 0.5) is 0 Å². The Morgan fingerprint density at radius 2 is 1.67 bits per heavy atom. The van der Waals surface area contributed by atoms with E-state index in [1.54, 1.807) is 0 Å². The summed E-state index contributed by atoms with van der Waals surface area (Å²) in [4.78, 5) is 0. The fraction of sp³-hybridized carbons (Fsp3) is 0.143. The number of halogens is 1. The minimum atomic E-state index is 0. The molecule has 0 N–H and O–H groups in total. The molecular weight excluding hydrogens is 127 g/mol. The summed E-state index contributed by atoms with van der Waals surface area (Å²) in [6, 6.07) is 10.5. The monoisotopic (exact) mass is 134 g/mol. The first-order chi connectivity index (χ1) is 3.93. The van der Waals surface area contributed by atoms with E-state index in [4.69, 9.17) is 0 Å². The fourth-order valence-electron chi connectivity index (χ4n) is 0.645. The Balaban J connectivity index is 0.000000640. The van der Waals surface area contributed by atoms with Crippen LogP contribution in [0.3, 0.4) is 0 Å². The van der Waals surface area contributed by atoms with Gasteiger partial charge in [-0.3, -0.25) is 0 Å². The third kappa shape index (κ3) is 2.82. The molecule has 2 heteroatoms. The molecule has 1 rings (SSSR count). The summed E-state index contributed by atoms with van der Waals surface area (Å²) in [6.45, 7) is 0. The predicted molar refractivity (Wildman–Crippen MR) is 35.9 cm³/mol. The quantitative estimate of drug-likeness (QED) is 0.404. The maximum absolute atomic E-state index is 2.15. The first-order valence-corrected chi connectivity index (χ1v) is 3.76. The van der Waals surface area contributed by atoms with Gasteiger partial charge in [-0.25, -0.2) is 0 Å². The van der Waals surface area contributed by atoms with Crippen molar-refractivity contribution >= 4 is 21.7 Å². The molecule has 9 heavy (non-hydrogen) atoms. The van der Waals surface area contributed by atoms with E-state index in [2.05, 4.69) is 24.3 Å². The summed E-state index contributed by atoms with van der Waals surface area (Å²) >= 11 is 1.98. The zero-order valence-corrected chi connectivity index (χ0v) is 6.59. The van der Waals surface area contributed by atoms with Crippen LogP contribution in [-0.4, -0.2) is 21.7 Å². The van der Waals surface area contributed by atoms with Crippen LogP contribution in [0.1, 0.15) is 5.56 Å². The zero-order valence-electron chi connectivity index (χ0n) is 5.18. The van der Waals surface area contributed by atoms with Crippen LogP contribution in [0.25, 0.3) is 0 Å². The molecule has 0 amide bonds. The molecule has 0 saturated heterocycles. The van der Waals surface area contributed by atoms with Crippen LogP contribution in [0.2, 0.25) is 0 Å². The molecule has 44 valence electrons. The molecule has 0 heterocycles. The molecule has 0 fully saturated rings. The normalized spacial score (nSPS) is 8.22. The Hall–Kier alpha value is -0.0838. The van der Waals surface area contributed by atoms with Crippen molar-refractivity contribution in [1.29, 1.82) is 0 Å². The molecule has 0 radical (unpaired) electrons. The summed E-state index contributed by atoms with van der Waals surface area (Å²) in [6.07, 6.45) is 0. The van der Waals surface area contributed by atoms with Crippen molar-refractivity contribution in [3.8, 4) is 0 Å². The van der Waals surface area contributed by atoms with Gasteiger partial charge in [0, 0.05) is 0 Å². The summed E-state index contributed by atoms with van der Waals surface area (Å²) in [7, 11) is 0. The molecular formula is C7H7FMg. The number of hydrogen-bond acceptors (Lipinski definition) is 0. The molecule has 0 nitrogen and oxygen atoms in total. The van der Waals surface area contributed by atoms with Crippen molar-refractivity contribution in [3.63, 3.8) is 0 Å². The standard InChI is InChI=1S/C7H7.FH.Mg/c1-7-5-3-2-4-6-7;;/h2-6H,1H2;1H;/q;;+1/p-1. The van der Waals surface area contributed by atoms with E-state index in [9.17, 15) is 0 Å². The topological polar surface area (TPSA) is 0 Å². The second-order valence-corrected chi connectivity index (χ2v) is 2.24. The third-order valence-electron chi connectivity index (χ3n) is 1.13. The molecule has 0 bridgehead atoms. The molecule has 0 aliphatic rings. The van der Waals surface area contributed by atoms with Crippen molar-refractivity contribution < 1.29 is 4.70 Å². The van der Waals surface area contributed by atoms with E-state index in [-0.39, 0.29) is 4.70 Å². The van der Waals surface area contributed by atoms with E-state index in [1.165, 1.54) is 10.1 Å². The zero-order chi connectivity index (χ0) is 5.82. The van der Waals surface area contributed by atoms with Gasteiger partial charge in [-0.15, -0.1) is 0 Å². The second kappa shape index (κ2) is 4.76. The third-order valence-corrected chi connectivity index (χ3v) is 1.71. The molecule has 0 unspecified atom stereocenters. The van der Waals surface area contributed by atoms with Crippen LogP contribution in [0.5, 0.6) is 0 Å². The van der Waals surface area contributed by atoms with Gasteiger partial charge < -0.3 is 4.70 Å². The van der Waals surface area contributed by atoms with Gasteiger partial charge in [0.15, 0.2) is 0 Å². The van der Waals surface area contributed by atoms with Crippen molar-refractivity contribution in [2.75, 3.05) is 0 Å². The Kier molecular flexibility index (Phi) is 4.72. The summed E-state index contributed by atoms with van der Waals surface area (Å²) in [5.74, 6) is 0. The van der Waals surface area contributed by atoms with Gasteiger partial charge >= 0.3 is 62.2 Å². The van der Waals surface area contributed by atoms with Gasteiger partial charge in [-0.05, 0) is 0 Å². The Morgan fingerprint density at radius 1 is 1.11 bits per heavy atom. The van der Waals surface area contributed by atoms with E-state index < -0.39 is 0 Å². The average Bonchev–Trinajstić information content (AvgIpc) is 1.90. The first-order valence-electron chi connectivity index (χ1n) is 2.76. The fourth-order valence-corrected chi connectivity index (χ4v) is 0.978. The summed E-state index contributed by atoms with van der Waals surface area (Å²) < 4.78 is 1.17. The number of benzene rings is 1. The molecule has 1 aromatic carbocycles. The molecule has 1 aromatic rings. The molecule has 0 aliphatic carbocycles. The van der Waals surface area contributed by atoms with Gasteiger partial charge in [0.2, 0.25) is 0 Å². The van der Waals surface area contributed by atoms with Crippen LogP contribution >= 0.6 is 0 Å². The van der Waals surface area contributed by atoms with Gasteiger partial charge in [0.25, 0.3) is 0 Å². The minimum absolute atomic E-state index is 0. The van der Waals surface area contributed by atoms with Gasteiger partial charge in [-0.1, -0.05) is 0 Å². The van der Waals surface area contributed by atoms with Gasteiger partial charge in [-0.2, -0.15) is 0 Å². The van der Waals surface area contributed by atoms with Crippen LogP contribution in [0.15, 0.2) is 30.3 Å².